The number of para-hydroxylation sites is 2. The molecular formula is C20H23ClN2O3. The molecule has 2 aromatic rings. The van der Waals surface area contributed by atoms with Gasteiger partial charge in [0.25, 0.3) is 5.91 Å². The highest BCUT2D eigenvalue weighted by Gasteiger charge is 2.23. The lowest BCUT2D eigenvalue weighted by Gasteiger charge is -2.36. The predicted molar refractivity (Wildman–Crippen MR) is 103 cm³/mol. The number of piperazine rings is 1. The Labute approximate surface area is 159 Å². The summed E-state index contributed by atoms with van der Waals surface area (Å²) in [6, 6.07) is 13.3. The first-order valence-electron chi connectivity index (χ1n) is 8.64. The van der Waals surface area contributed by atoms with Gasteiger partial charge in [0, 0.05) is 36.9 Å². The molecule has 0 atom stereocenters. The molecule has 3 rings (SSSR count). The van der Waals surface area contributed by atoms with Gasteiger partial charge in [-0.05, 0) is 36.8 Å². The van der Waals surface area contributed by atoms with Crippen molar-refractivity contribution in [2.45, 2.75) is 6.92 Å². The highest BCUT2D eigenvalue weighted by molar-refractivity contribution is 6.31. The molecular weight excluding hydrogens is 352 g/mol. The summed E-state index contributed by atoms with van der Waals surface area (Å²) in [5.41, 5.74) is 2.21. The van der Waals surface area contributed by atoms with Crippen molar-refractivity contribution in [3.8, 4) is 11.5 Å². The summed E-state index contributed by atoms with van der Waals surface area (Å²) in [7, 11) is 1.58. The number of hydrogen-bond acceptors (Lipinski definition) is 4. The van der Waals surface area contributed by atoms with Gasteiger partial charge in [0.15, 0.2) is 18.1 Å². The Morgan fingerprint density at radius 2 is 1.73 bits per heavy atom. The van der Waals surface area contributed by atoms with Crippen LogP contribution < -0.4 is 14.4 Å². The Hall–Kier alpha value is -2.40. The Balaban J connectivity index is 1.54. The fourth-order valence-electron chi connectivity index (χ4n) is 3.10. The topological polar surface area (TPSA) is 42.0 Å². The lowest BCUT2D eigenvalue weighted by atomic mass is 10.1. The number of rotatable bonds is 5. The number of benzene rings is 2. The van der Waals surface area contributed by atoms with Gasteiger partial charge in [0.2, 0.25) is 0 Å². The molecule has 0 unspecified atom stereocenters. The van der Waals surface area contributed by atoms with Crippen LogP contribution in [0.15, 0.2) is 42.5 Å². The summed E-state index contributed by atoms with van der Waals surface area (Å²) in [6.45, 7) is 4.93. The van der Waals surface area contributed by atoms with Crippen LogP contribution >= 0.6 is 11.6 Å². The Bertz CT molecular complexity index is 773. The van der Waals surface area contributed by atoms with Crippen LogP contribution in [0.2, 0.25) is 5.02 Å². The van der Waals surface area contributed by atoms with E-state index >= 15 is 0 Å². The quantitative estimate of drug-likeness (QED) is 0.804. The van der Waals surface area contributed by atoms with Gasteiger partial charge in [-0.1, -0.05) is 29.8 Å². The van der Waals surface area contributed by atoms with Crippen LogP contribution in [0.25, 0.3) is 0 Å². The molecule has 0 spiro atoms. The van der Waals surface area contributed by atoms with Crippen LogP contribution in [0.1, 0.15) is 5.56 Å². The highest BCUT2D eigenvalue weighted by atomic mass is 35.5. The first-order chi connectivity index (χ1) is 12.6. The van der Waals surface area contributed by atoms with Gasteiger partial charge in [0.05, 0.1) is 7.11 Å². The summed E-state index contributed by atoms with van der Waals surface area (Å²) in [5, 5.41) is 0.770. The van der Waals surface area contributed by atoms with Gasteiger partial charge < -0.3 is 19.3 Å². The van der Waals surface area contributed by atoms with Gasteiger partial charge in [-0.25, -0.2) is 0 Å². The summed E-state index contributed by atoms with van der Waals surface area (Å²) >= 11 is 6.22. The van der Waals surface area contributed by atoms with E-state index in [1.54, 1.807) is 13.2 Å². The standard InChI is InChI=1S/C20H23ClN2O3/c1-15-16(21)6-5-7-17(15)22-10-12-23(13-11-22)20(24)14-26-19-9-4-3-8-18(19)25-2/h3-9H,10-14H2,1-2H3. The third kappa shape index (κ3) is 4.05. The Morgan fingerprint density at radius 1 is 1.04 bits per heavy atom. The average Bonchev–Trinajstić information content (AvgIpc) is 2.68. The minimum Gasteiger partial charge on any atom is -0.493 e. The van der Waals surface area contributed by atoms with E-state index in [4.69, 9.17) is 21.1 Å². The summed E-state index contributed by atoms with van der Waals surface area (Å²) in [4.78, 5) is 16.6. The van der Waals surface area contributed by atoms with Crippen LogP contribution in [0.5, 0.6) is 11.5 Å². The second-order valence-corrected chi connectivity index (χ2v) is 6.60. The zero-order valence-corrected chi connectivity index (χ0v) is 15.8. The zero-order valence-electron chi connectivity index (χ0n) is 15.1. The van der Waals surface area contributed by atoms with Crippen LogP contribution in [-0.2, 0) is 4.79 Å². The largest absolute Gasteiger partial charge is 0.493 e. The number of amides is 1. The van der Waals surface area contributed by atoms with Gasteiger partial charge >= 0.3 is 0 Å². The maximum atomic E-state index is 12.5. The molecule has 1 aliphatic heterocycles. The van der Waals surface area contributed by atoms with Crippen LogP contribution in [-0.4, -0.2) is 50.7 Å². The first-order valence-corrected chi connectivity index (χ1v) is 9.01. The summed E-state index contributed by atoms with van der Waals surface area (Å²) < 4.78 is 10.9. The molecule has 0 aliphatic carbocycles. The van der Waals surface area contributed by atoms with E-state index in [2.05, 4.69) is 11.0 Å². The van der Waals surface area contributed by atoms with E-state index < -0.39 is 0 Å². The molecule has 0 aromatic heterocycles. The molecule has 26 heavy (non-hydrogen) atoms. The maximum absolute atomic E-state index is 12.5. The van der Waals surface area contributed by atoms with Crippen molar-refractivity contribution in [1.29, 1.82) is 0 Å². The van der Waals surface area contributed by atoms with Crippen LogP contribution in [0, 0.1) is 6.92 Å². The zero-order chi connectivity index (χ0) is 18.5. The second-order valence-electron chi connectivity index (χ2n) is 6.19. The molecule has 1 amide bonds. The number of halogens is 1. The summed E-state index contributed by atoms with van der Waals surface area (Å²) in [5.74, 6) is 1.19. The van der Waals surface area contributed by atoms with Crippen molar-refractivity contribution in [1.82, 2.24) is 4.90 Å². The molecule has 5 nitrogen and oxygen atoms in total. The minimum atomic E-state index is -0.0154. The normalized spacial score (nSPS) is 14.3. The average molecular weight is 375 g/mol. The predicted octanol–water partition coefficient (Wildman–Crippen LogP) is 3.38. The molecule has 0 N–H and O–H groups in total. The smallest absolute Gasteiger partial charge is 0.260 e. The fourth-order valence-corrected chi connectivity index (χ4v) is 3.27. The maximum Gasteiger partial charge on any atom is 0.260 e. The molecule has 138 valence electrons. The van der Waals surface area contributed by atoms with Crippen molar-refractivity contribution in [3.05, 3.63) is 53.1 Å². The monoisotopic (exact) mass is 374 g/mol. The van der Waals surface area contributed by atoms with Crippen molar-refractivity contribution >= 4 is 23.2 Å². The van der Waals surface area contributed by atoms with E-state index in [0.29, 0.717) is 24.6 Å². The van der Waals surface area contributed by atoms with E-state index in [0.717, 1.165) is 29.4 Å². The van der Waals surface area contributed by atoms with Crippen molar-refractivity contribution in [2.24, 2.45) is 0 Å². The molecule has 1 saturated heterocycles. The lowest BCUT2D eigenvalue weighted by Crippen LogP contribution is -2.50. The van der Waals surface area contributed by atoms with E-state index in [1.807, 2.05) is 42.2 Å². The Morgan fingerprint density at radius 3 is 2.42 bits per heavy atom. The number of anilines is 1. The number of hydrogen-bond donors (Lipinski definition) is 0. The van der Waals surface area contributed by atoms with Crippen LogP contribution in [0.4, 0.5) is 5.69 Å². The second kappa shape index (κ2) is 8.32. The number of methoxy groups -OCH3 is 1. The number of nitrogens with zero attached hydrogens (tertiary/aromatic N) is 2. The summed E-state index contributed by atoms with van der Waals surface area (Å²) in [6.07, 6.45) is 0. The third-order valence-corrected chi connectivity index (χ3v) is 5.04. The molecule has 1 fully saturated rings. The van der Waals surface area contributed by atoms with Gasteiger partial charge in [-0.3, -0.25) is 4.79 Å². The van der Waals surface area contributed by atoms with Gasteiger partial charge in [-0.2, -0.15) is 0 Å². The van der Waals surface area contributed by atoms with Gasteiger partial charge in [-0.15, -0.1) is 0 Å². The molecule has 0 radical (unpaired) electrons. The minimum absolute atomic E-state index is 0.0105. The number of carbonyl (C=O) groups excluding carboxylic acids is 1. The molecule has 2 aromatic carbocycles. The highest BCUT2D eigenvalue weighted by Crippen LogP contribution is 2.28. The molecule has 0 bridgehead atoms. The first kappa shape index (κ1) is 18.4. The molecule has 6 heteroatoms. The van der Waals surface area contributed by atoms with E-state index in [1.165, 1.54) is 0 Å². The van der Waals surface area contributed by atoms with Crippen LogP contribution in [0.3, 0.4) is 0 Å². The molecule has 1 heterocycles. The lowest BCUT2D eigenvalue weighted by molar-refractivity contribution is -0.133. The van der Waals surface area contributed by atoms with Gasteiger partial charge in [0.1, 0.15) is 0 Å². The fraction of sp³-hybridized carbons (Fsp3) is 0.350. The number of ether oxygens (including phenoxy) is 2. The van der Waals surface area contributed by atoms with Crippen molar-refractivity contribution in [2.75, 3.05) is 44.8 Å². The molecule has 1 aliphatic rings. The third-order valence-electron chi connectivity index (χ3n) is 4.63. The van der Waals surface area contributed by atoms with Crippen molar-refractivity contribution < 1.29 is 14.3 Å². The Kier molecular flexibility index (Phi) is 5.89. The number of carbonyl (C=O) groups is 1. The van der Waals surface area contributed by atoms with Crippen molar-refractivity contribution in [3.63, 3.8) is 0 Å². The van der Waals surface area contributed by atoms with E-state index in [9.17, 15) is 4.79 Å². The van der Waals surface area contributed by atoms with E-state index in [-0.39, 0.29) is 12.5 Å². The molecule has 0 saturated carbocycles. The SMILES string of the molecule is COc1ccccc1OCC(=O)N1CCN(c2cccc(Cl)c2C)CC1.